The Bertz CT molecular complexity index is 444. The normalized spacial score (nSPS) is 17.9. The molecule has 0 unspecified atom stereocenters. The van der Waals surface area contributed by atoms with Crippen molar-refractivity contribution in [3.8, 4) is 11.8 Å². The van der Waals surface area contributed by atoms with E-state index in [2.05, 4.69) is 6.07 Å². The summed E-state index contributed by atoms with van der Waals surface area (Å²) in [5.41, 5.74) is 1.53. The van der Waals surface area contributed by atoms with Crippen LogP contribution in [0, 0.1) is 18.3 Å². The van der Waals surface area contributed by atoms with Crippen LogP contribution in [0.15, 0.2) is 12.1 Å². The SMILES string of the molecule is Cc1cc(Cl)c(O)cc1C1(C#N)CCC1. The third-order valence-electron chi connectivity index (χ3n) is 3.23. The van der Waals surface area contributed by atoms with Crippen LogP contribution in [0.2, 0.25) is 5.02 Å². The Labute approximate surface area is 94.1 Å². The summed E-state index contributed by atoms with van der Waals surface area (Å²) in [4.78, 5) is 0. The number of aromatic hydroxyl groups is 1. The summed E-state index contributed by atoms with van der Waals surface area (Å²) in [5, 5.41) is 19.1. The van der Waals surface area contributed by atoms with Gasteiger partial charge in [0, 0.05) is 0 Å². The molecule has 15 heavy (non-hydrogen) atoms. The number of benzene rings is 1. The molecule has 2 nitrogen and oxygen atoms in total. The van der Waals surface area contributed by atoms with Crippen LogP contribution >= 0.6 is 11.6 Å². The molecule has 0 bridgehead atoms. The molecule has 1 aromatic carbocycles. The molecule has 1 aromatic rings. The number of nitriles is 1. The van der Waals surface area contributed by atoms with Crippen LogP contribution in [0.1, 0.15) is 30.4 Å². The van der Waals surface area contributed by atoms with E-state index in [0.717, 1.165) is 30.4 Å². The molecule has 0 spiro atoms. The lowest BCUT2D eigenvalue weighted by Gasteiger charge is -2.36. The van der Waals surface area contributed by atoms with Crippen molar-refractivity contribution in [2.75, 3.05) is 0 Å². The second-order valence-electron chi connectivity index (χ2n) is 4.17. The molecule has 1 aliphatic rings. The molecule has 0 atom stereocenters. The molecular weight excluding hydrogens is 210 g/mol. The van der Waals surface area contributed by atoms with Gasteiger partial charge in [0.2, 0.25) is 0 Å². The van der Waals surface area contributed by atoms with Gasteiger partial charge in [0.05, 0.1) is 16.5 Å². The lowest BCUT2D eigenvalue weighted by atomic mass is 9.64. The Morgan fingerprint density at radius 1 is 1.47 bits per heavy atom. The molecule has 1 N–H and O–H groups in total. The van der Waals surface area contributed by atoms with Gasteiger partial charge in [-0.25, -0.2) is 0 Å². The number of rotatable bonds is 1. The molecule has 0 aromatic heterocycles. The summed E-state index contributed by atoms with van der Waals surface area (Å²) in [6.45, 7) is 1.93. The first-order valence-electron chi connectivity index (χ1n) is 5.00. The fourth-order valence-corrected chi connectivity index (χ4v) is 2.37. The molecule has 78 valence electrons. The molecule has 0 saturated heterocycles. The minimum atomic E-state index is -0.383. The van der Waals surface area contributed by atoms with Crippen LogP contribution in [-0.2, 0) is 5.41 Å². The molecule has 0 amide bonds. The third kappa shape index (κ3) is 1.48. The second-order valence-corrected chi connectivity index (χ2v) is 4.57. The molecular formula is C12H12ClNO. The van der Waals surface area contributed by atoms with Gasteiger partial charge in [0.25, 0.3) is 0 Å². The van der Waals surface area contributed by atoms with E-state index >= 15 is 0 Å². The predicted molar refractivity (Wildman–Crippen MR) is 59.0 cm³/mol. The minimum Gasteiger partial charge on any atom is -0.506 e. The molecule has 1 aliphatic carbocycles. The maximum absolute atomic E-state index is 9.56. The van der Waals surface area contributed by atoms with E-state index in [4.69, 9.17) is 11.6 Å². The predicted octanol–water partition coefficient (Wildman–Crippen LogP) is 3.30. The molecule has 1 fully saturated rings. The minimum absolute atomic E-state index is 0.0683. The Kier molecular flexibility index (Phi) is 2.36. The molecule has 0 aliphatic heterocycles. The number of aryl methyl sites for hydroxylation is 1. The average Bonchev–Trinajstić information content (AvgIpc) is 2.12. The van der Waals surface area contributed by atoms with Gasteiger partial charge in [0.15, 0.2) is 0 Å². The Hall–Kier alpha value is -1.20. The van der Waals surface area contributed by atoms with Crippen molar-refractivity contribution in [1.82, 2.24) is 0 Å². The van der Waals surface area contributed by atoms with Gasteiger partial charge in [0.1, 0.15) is 5.75 Å². The van der Waals surface area contributed by atoms with E-state index in [1.54, 1.807) is 12.1 Å². The Balaban J connectivity index is 2.54. The zero-order valence-electron chi connectivity index (χ0n) is 8.55. The van der Waals surface area contributed by atoms with Gasteiger partial charge in [-0.05, 0) is 49.4 Å². The van der Waals surface area contributed by atoms with E-state index in [1.807, 2.05) is 6.92 Å². The van der Waals surface area contributed by atoms with Gasteiger partial charge in [-0.15, -0.1) is 0 Å². The van der Waals surface area contributed by atoms with Crippen molar-refractivity contribution in [1.29, 1.82) is 5.26 Å². The van der Waals surface area contributed by atoms with E-state index in [-0.39, 0.29) is 11.2 Å². The standard InChI is InChI=1S/C12H12ClNO/c1-8-5-10(13)11(15)6-9(8)12(7-14)3-2-4-12/h5-6,15H,2-4H2,1H3. The number of nitrogens with zero attached hydrogens (tertiary/aromatic N) is 1. The summed E-state index contributed by atoms with van der Waals surface area (Å²) in [5.74, 6) is 0.0683. The monoisotopic (exact) mass is 221 g/mol. The van der Waals surface area contributed by atoms with Crippen LogP contribution in [-0.4, -0.2) is 5.11 Å². The lowest BCUT2D eigenvalue weighted by Crippen LogP contribution is -2.33. The number of hydrogen-bond donors (Lipinski definition) is 1. The summed E-state index contributed by atoms with van der Waals surface area (Å²) < 4.78 is 0. The summed E-state index contributed by atoms with van der Waals surface area (Å²) in [6, 6.07) is 5.73. The van der Waals surface area contributed by atoms with Crippen LogP contribution in [0.25, 0.3) is 0 Å². The second kappa shape index (κ2) is 3.43. The summed E-state index contributed by atoms with van der Waals surface area (Å²) in [7, 11) is 0. The van der Waals surface area contributed by atoms with Crippen molar-refractivity contribution >= 4 is 11.6 Å². The van der Waals surface area contributed by atoms with Crippen LogP contribution in [0.5, 0.6) is 5.75 Å². The van der Waals surface area contributed by atoms with Gasteiger partial charge in [-0.1, -0.05) is 11.6 Å². The van der Waals surface area contributed by atoms with Crippen molar-refractivity contribution < 1.29 is 5.11 Å². The maximum atomic E-state index is 9.56. The van der Waals surface area contributed by atoms with Gasteiger partial charge in [-0.2, -0.15) is 5.26 Å². The maximum Gasteiger partial charge on any atom is 0.134 e. The van der Waals surface area contributed by atoms with Crippen LogP contribution in [0.3, 0.4) is 0 Å². The number of hydrogen-bond acceptors (Lipinski definition) is 2. The van der Waals surface area contributed by atoms with E-state index in [9.17, 15) is 10.4 Å². The summed E-state index contributed by atoms with van der Waals surface area (Å²) >= 11 is 5.81. The quantitative estimate of drug-likeness (QED) is 0.791. The highest BCUT2D eigenvalue weighted by atomic mass is 35.5. The van der Waals surface area contributed by atoms with Crippen LogP contribution < -0.4 is 0 Å². The van der Waals surface area contributed by atoms with Gasteiger partial charge < -0.3 is 5.11 Å². The third-order valence-corrected chi connectivity index (χ3v) is 3.53. The van der Waals surface area contributed by atoms with Gasteiger partial charge in [-0.3, -0.25) is 0 Å². The molecule has 0 radical (unpaired) electrons. The van der Waals surface area contributed by atoms with Crippen molar-refractivity contribution in [3.05, 3.63) is 28.3 Å². The number of phenolic OH excluding ortho intramolecular Hbond substituents is 1. The molecule has 3 heteroatoms. The fourth-order valence-electron chi connectivity index (χ4n) is 2.15. The number of halogens is 1. The lowest BCUT2D eigenvalue weighted by molar-refractivity contribution is 0.321. The molecule has 1 saturated carbocycles. The first kappa shape index (κ1) is 10.3. The highest BCUT2D eigenvalue weighted by molar-refractivity contribution is 6.32. The largest absolute Gasteiger partial charge is 0.506 e. The molecule has 2 rings (SSSR count). The first-order chi connectivity index (χ1) is 7.09. The highest BCUT2D eigenvalue weighted by Crippen LogP contribution is 2.46. The van der Waals surface area contributed by atoms with E-state index in [0.29, 0.717) is 5.02 Å². The van der Waals surface area contributed by atoms with E-state index in [1.165, 1.54) is 0 Å². The average molecular weight is 222 g/mol. The smallest absolute Gasteiger partial charge is 0.134 e. The zero-order valence-corrected chi connectivity index (χ0v) is 9.30. The Morgan fingerprint density at radius 3 is 2.60 bits per heavy atom. The topological polar surface area (TPSA) is 44.0 Å². The highest BCUT2D eigenvalue weighted by Gasteiger charge is 2.40. The van der Waals surface area contributed by atoms with Gasteiger partial charge >= 0.3 is 0 Å². The van der Waals surface area contributed by atoms with Crippen molar-refractivity contribution in [3.63, 3.8) is 0 Å². The van der Waals surface area contributed by atoms with Crippen molar-refractivity contribution in [2.45, 2.75) is 31.6 Å². The summed E-state index contributed by atoms with van der Waals surface area (Å²) in [6.07, 6.45) is 2.84. The number of phenols is 1. The first-order valence-corrected chi connectivity index (χ1v) is 5.38. The molecule has 0 heterocycles. The van der Waals surface area contributed by atoms with Crippen LogP contribution in [0.4, 0.5) is 0 Å². The zero-order chi connectivity index (χ0) is 11.1. The van der Waals surface area contributed by atoms with E-state index < -0.39 is 0 Å². The van der Waals surface area contributed by atoms with Crippen molar-refractivity contribution in [2.24, 2.45) is 0 Å². The fraction of sp³-hybridized carbons (Fsp3) is 0.417. The Morgan fingerprint density at radius 2 is 2.13 bits per heavy atom.